The average molecular weight is 288 g/mol. The second-order valence-electron chi connectivity index (χ2n) is 4.41. The molecule has 3 rings (SSSR count). The number of halogens is 1. The van der Waals surface area contributed by atoms with E-state index in [2.05, 4.69) is 15.3 Å². The molecule has 0 fully saturated rings. The molecular formula is C15H14ClN3O. The standard InChI is InChI=1S/C15H14ClN3O/c1-20-14-5-3-2-4-10(14)9-17-15-18-12-7-6-11(16)8-13(12)19-15/h2-8H,9H2,1H3,(H2,17,18,19). The zero-order chi connectivity index (χ0) is 13.9. The number of aromatic amines is 1. The van der Waals surface area contributed by atoms with Gasteiger partial charge >= 0.3 is 0 Å². The number of H-pyrrole nitrogens is 1. The third-order valence-electron chi connectivity index (χ3n) is 3.08. The molecule has 0 saturated carbocycles. The number of nitrogens with one attached hydrogen (secondary N) is 2. The molecule has 0 aliphatic carbocycles. The highest BCUT2D eigenvalue weighted by atomic mass is 35.5. The Labute approximate surface area is 121 Å². The van der Waals surface area contributed by atoms with Crippen LogP contribution in [0.1, 0.15) is 5.56 Å². The molecule has 2 aromatic carbocycles. The van der Waals surface area contributed by atoms with Crippen molar-refractivity contribution in [3.63, 3.8) is 0 Å². The van der Waals surface area contributed by atoms with Crippen molar-refractivity contribution in [1.29, 1.82) is 0 Å². The first-order valence-electron chi connectivity index (χ1n) is 6.27. The predicted octanol–water partition coefficient (Wildman–Crippen LogP) is 3.84. The minimum Gasteiger partial charge on any atom is -0.496 e. The first kappa shape index (κ1) is 12.8. The molecule has 0 unspecified atom stereocenters. The van der Waals surface area contributed by atoms with Gasteiger partial charge in [0.15, 0.2) is 0 Å². The van der Waals surface area contributed by atoms with Crippen LogP contribution in [0.25, 0.3) is 11.0 Å². The Morgan fingerprint density at radius 3 is 2.95 bits per heavy atom. The van der Waals surface area contributed by atoms with Crippen molar-refractivity contribution in [1.82, 2.24) is 9.97 Å². The van der Waals surface area contributed by atoms with E-state index >= 15 is 0 Å². The zero-order valence-electron chi connectivity index (χ0n) is 11.0. The smallest absolute Gasteiger partial charge is 0.201 e. The van der Waals surface area contributed by atoms with Gasteiger partial charge in [0.2, 0.25) is 5.95 Å². The Bertz CT molecular complexity index is 739. The normalized spacial score (nSPS) is 10.7. The van der Waals surface area contributed by atoms with Crippen molar-refractivity contribution in [3.8, 4) is 5.75 Å². The Balaban J connectivity index is 1.79. The van der Waals surface area contributed by atoms with Crippen molar-refractivity contribution in [3.05, 3.63) is 53.1 Å². The van der Waals surface area contributed by atoms with Crippen LogP contribution in [0.2, 0.25) is 5.02 Å². The molecule has 0 amide bonds. The molecular weight excluding hydrogens is 274 g/mol. The molecule has 20 heavy (non-hydrogen) atoms. The lowest BCUT2D eigenvalue weighted by Crippen LogP contribution is -2.02. The predicted molar refractivity (Wildman–Crippen MR) is 81.4 cm³/mol. The van der Waals surface area contributed by atoms with Gasteiger partial charge in [0.25, 0.3) is 0 Å². The van der Waals surface area contributed by atoms with Crippen LogP contribution in [-0.4, -0.2) is 17.1 Å². The van der Waals surface area contributed by atoms with Crippen molar-refractivity contribution in [2.24, 2.45) is 0 Å². The van der Waals surface area contributed by atoms with E-state index in [-0.39, 0.29) is 0 Å². The number of hydrogen-bond donors (Lipinski definition) is 2. The molecule has 0 radical (unpaired) electrons. The number of hydrogen-bond acceptors (Lipinski definition) is 3. The number of ether oxygens (including phenoxy) is 1. The maximum absolute atomic E-state index is 5.96. The highest BCUT2D eigenvalue weighted by Gasteiger charge is 2.05. The molecule has 0 spiro atoms. The second-order valence-corrected chi connectivity index (χ2v) is 4.85. The first-order valence-corrected chi connectivity index (χ1v) is 6.65. The quantitative estimate of drug-likeness (QED) is 0.766. The van der Waals surface area contributed by atoms with Gasteiger partial charge in [0, 0.05) is 17.1 Å². The van der Waals surface area contributed by atoms with Crippen LogP contribution in [0, 0.1) is 0 Å². The number of aromatic nitrogens is 2. The fourth-order valence-electron chi connectivity index (χ4n) is 2.09. The summed E-state index contributed by atoms with van der Waals surface area (Å²) >= 11 is 5.96. The van der Waals surface area contributed by atoms with E-state index in [0.717, 1.165) is 22.3 Å². The molecule has 0 atom stereocenters. The van der Waals surface area contributed by atoms with Crippen LogP contribution >= 0.6 is 11.6 Å². The van der Waals surface area contributed by atoms with E-state index in [0.29, 0.717) is 17.5 Å². The van der Waals surface area contributed by atoms with E-state index in [9.17, 15) is 0 Å². The maximum Gasteiger partial charge on any atom is 0.201 e. The number of anilines is 1. The van der Waals surface area contributed by atoms with Crippen molar-refractivity contribution in [2.45, 2.75) is 6.54 Å². The van der Waals surface area contributed by atoms with E-state index in [1.54, 1.807) is 7.11 Å². The molecule has 1 aromatic heterocycles. The molecule has 5 heteroatoms. The number of para-hydroxylation sites is 1. The summed E-state index contributed by atoms with van der Waals surface area (Å²) in [5.41, 5.74) is 2.88. The number of nitrogens with zero attached hydrogens (tertiary/aromatic N) is 1. The Kier molecular flexibility index (Phi) is 3.48. The largest absolute Gasteiger partial charge is 0.496 e. The molecule has 0 bridgehead atoms. The fourth-order valence-corrected chi connectivity index (χ4v) is 2.27. The third kappa shape index (κ3) is 2.56. The highest BCUT2D eigenvalue weighted by Crippen LogP contribution is 2.21. The minimum absolute atomic E-state index is 0.636. The number of methoxy groups -OCH3 is 1. The molecule has 102 valence electrons. The van der Waals surface area contributed by atoms with E-state index in [4.69, 9.17) is 16.3 Å². The highest BCUT2D eigenvalue weighted by molar-refractivity contribution is 6.31. The van der Waals surface area contributed by atoms with Crippen LogP contribution in [0.15, 0.2) is 42.5 Å². The SMILES string of the molecule is COc1ccccc1CNc1nc2ccc(Cl)cc2[nH]1. The van der Waals surface area contributed by atoms with Crippen molar-refractivity contribution in [2.75, 3.05) is 12.4 Å². The molecule has 1 heterocycles. The third-order valence-corrected chi connectivity index (χ3v) is 3.32. The van der Waals surface area contributed by atoms with Gasteiger partial charge in [-0.15, -0.1) is 0 Å². The lowest BCUT2D eigenvalue weighted by molar-refractivity contribution is 0.410. The van der Waals surface area contributed by atoms with Crippen LogP contribution in [-0.2, 0) is 6.54 Å². The van der Waals surface area contributed by atoms with Gasteiger partial charge in [-0.3, -0.25) is 0 Å². The summed E-state index contributed by atoms with van der Waals surface area (Å²) in [4.78, 5) is 7.65. The Morgan fingerprint density at radius 2 is 2.10 bits per heavy atom. The van der Waals surface area contributed by atoms with Gasteiger partial charge in [-0.05, 0) is 24.3 Å². The lowest BCUT2D eigenvalue weighted by atomic mass is 10.2. The van der Waals surface area contributed by atoms with Gasteiger partial charge in [0.1, 0.15) is 5.75 Å². The van der Waals surface area contributed by atoms with Crippen molar-refractivity contribution < 1.29 is 4.74 Å². The van der Waals surface area contributed by atoms with Crippen molar-refractivity contribution >= 4 is 28.6 Å². The van der Waals surface area contributed by atoms with Crippen LogP contribution < -0.4 is 10.1 Å². The van der Waals surface area contributed by atoms with Crippen LogP contribution in [0.3, 0.4) is 0 Å². The molecule has 3 aromatic rings. The van der Waals surface area contributed by atoms with Gasteiger partial charge < -0.3 is 15.0 Å². The monoisotopic (exact) mass is 287 g/mol. The maximum atomic E-state index is 5.96. The zero-order valence-corrected chi connectivity index (χ0v) is 11.7. The molecule has 2 N–H and O–H groups in total. The topological polar surface area (TPSA) is 49.9 Å². The summed E-state index contributed by atoms with van der Waals surface area (Å²) in [6, 6.07) is 13.5. The van der Waals surface area contributed by atoms with Crippen LogP contribution in [0.5, 0.6) is 5.75 Å². The Hall–Kier alpha value is -2.20. The van der Waals surface area contributed by atoms with Gasteiger partial charge in [-0.25, -0.2) is 4.98 Å². The van der Waals surface area contributed by atoms with Gasteiger partial charge in [0.05, 0.1) is 18.1 Å². The summed E-state index contributed by atoms with van der Waals surface area (Å²) < 4.78 is 5.32. The lowest BCUT2D eigenvalue weighted by Gasteiger charge is -2.08. The minimum atomic E-state index is 0.636. The van der Waals surface area contributed by atoms with Gasteiger partial charge in [-0.1, -0.05) is 29.8 Å². The Morgan fingerprint density at radius 1 is 1.25 bits per heavy atom. The summed E-state index contributed by atoms with van der Waals surface area (Å²) in [5.74, 6) is 1.58. The van der Waals surface area contributed by atoms with E-state index in [1.165, 1.54) is 0 Å². The molecule has 0 aliphatic rings. The number of fused-ring (bicyclic) bond motifs is 1. The summed E-state index contributed by atoms with van der Waals surface area (Å²) in [5, 5.41) is 3.95. The summed E-state index contributed by atoms with van der Waals surface area (Å²) in [6.45, 7) is 0.636. The molecule has 4 nitrogen and oxygen atoms in total. The molecule has 0 saturated heterocycles. The fraction of sp³-hybridized carbons (Fsp3) is 0.133. The van der Waals surface area contributed by atoms with E-state index in [1.807, 2.05) is 42.5 Å². The summed E-state index contributed by atoms with van der Waals surface area (Å²) in [6.07, 6.45) is 0. The summed E-state index contributed by atoms with van der Waals surface area (Å²) in [7, 11) is 1.67. The van der Waals surface area contributed by atoms with E-state index < -0.39 is 0 Å². The number of rotatable bonds is 4. The first-order chi connectivity index (χ1) is 9.76. The van der Waals surface area contributed by atoms with Gasteiger partial charge in [-0.2, -0.15) is 0 Å². The average Bonchev–Trinajstić information content (AvgIpc) is 2.87. The second kappa shape index (κ2) is 5.43. The molecule has 0 aliphatic heterocycles. The van der Waals surface area contributed by atoms with Crippen LogP contribution in [0.4, 0.5) is 5.95 Å². The number of benzene rings is 2. The number of imidazole rings is 1.